The molecule has 0 unspecified atom stereocenters. The lowest BCUT2D eigenvalue weighted by Crippen LogP contribution is -2.32. The van der Waals surface area contributed by atoms with E-state index in [1.807, 2.05) is 0 Å². The first-order valence-corrected chi connectivity index (χ1v) is 7.93. The van der Waals surface area contributed by atoms with E-state index in [9.17, 15) is 26.0 Å². The molecule has 1 aromatic carbocycles. The van der Waals surface area contributed by atoms with Crippen molar-refractivity contribution >= 4 is 26.5 Å². The Morgan fingerprint density at radius 2 is 1.91 bits per heavy atom. The SMILES string of the molecule is C=CCN(c1ncc(F)s1)S(=O)(=O)c1ccc(F)c(F)c1F. The molecule has 0 amide bonds. The largest absolute Gasteiger partial charge is 0.269 e. The molecule has 0 N–H and O–H groups in total. The monoisotopic (exact) mass is 352 g/mol. The van der Waals surface area contributed by atoms with Crippen LogP contribution in [0.15, 0.2) is 35.9 Å². The number of nitrogens with zero attached hydrogens (tertiary/aromatic N) is 2. The quantitative estimate of drug-likeness (QED) is 0.472. The van der Waals surface area contributed by atoms with Crippen molar-refractivity contribution < 1.29 is 26.0 Å². The van der Waals surface area contributed by atoms with Gasteiger partial charge in [0.15, 0.2) is 22.6 Å². The Kier molecular flexibility index (Phi) is 4.52. The molecule has 0 aliphatic carbocycles. The molecule has 4 nitrogen and oxygen atoms in total. The lowest BCUT2D eigenvalue weighted by molar-refractivity contribution is 0.432. The molecule has 2 rings (SSSR count). The van der Waals surface area contributed by atoms with Gasteiger partial charge < -0.3 is 0 Å². The number of halogens is 4. The van der Waals surface area contributed by atoms with Crippen LogP contribution in [0.3, 0.4) is 0 Å². The molecular weight excluding hydrogens is 344 g/mol. The topological polar surface area (TPSA) is 50.3 Å². The van der Waals surface area contributed by atoms with Crippen LogP contribution >= 0.6 is 11.3 Å². The third-order valence-electron chi connectivity index (χ3n) is 2.54. The average Bonchev–Trinajstić information content (AvgIpc) is 2.87. The van der Waals surface area contributed by atoms with Gasteiger partial charge in [0, 0.05) is 0 Å². The van der Waals surface area contributed by atoms with Gasteiger partial charge in [0.2, 0.25) is 5.13 Å². The van der Waals surface area contributed by atoms with Gasteiger partial charge in [0.05, 0.1) is 12.7 Å². The zero-order valence-corrected chi connectivity index (χ0v) is 12.4. The van der Waals surface area contributed by atoms with Gasteiger partial charge in [-0.15, -0.1) is 6.58 Å². The summed E-state index contributed by atoms with van der Waals surface area (Å²) in [6.45, 7) is 2.99. The maximum absolute atomic E-state index is 13.7. The van der Waals surface area contributed by atoms with Crippen LogP contribution in [0.1, 0.15) is 0 Å². The van der Waals surface area contributed by atoms with Crippen molar-refractivity contribution in [2.45, 2.75) is 4.90 Å². The van der Waals surface area contributed by atoms with Gasteiger partial charge in [-0.3, -0.25) is 0 Å². The van der Waals surface area contributed by atoms with Crippen LogP contribution in [0.5, 0.6) is 0 Å². The molecule has 2 aromatic rings. The summed E-state index contributed by atoms with van der Waals surface area (Å²) < 4.78 is 78.3. The first kappa shape index (κ1) is 16.4. The first-order valence-electron chi connectivity index (χ1n) is 5.67. The van der Waals surface area contributed by atoms with Crippen molar-refractivity contribution in [1.82, 2.24) is 4.98 Å². The number of hydrogen-bond donors (Lipinski definition) is 0. The highest BCUT2D eigenvalue weighted by atomic mass is 32.2. The fourth-order valence-electron chi connectivity index (χ4n) is 1.58. The molecule has 0 aliphatic rings. The van der Waals surface area contributed by atoms with E-state index >= 15 is 0 Å². The second-order valence-electron chi connectivity index (χ2n) is 3.95. The van der Waals surface area contributed by atoms with Crippen LogP contribution in [-0.2, 0) is 10.0 Å². The molecule has 0 saturated heterocycles. The number of benzene rings is 1. The minimum atomic E-state index is -4.61. The summed E-state index contributed by atoms with van der Waals surface area (Å²) in [5.41, 5.74) is 0. The van der Waals surface area contributed by atoms with Crippen molar-refractivity contribution in [2.24, 2.45) is 0 Å². The molecule has 10 heteroatoms. The summed E-state index contributed by atoms with van der Waals surface area (Å²) in [5.74, 6) is -5.29. The highest BCUT2D eigenvalue weighted by molar-refractivity contribution is 7.93. The molecule has 1 aromatic heterocycles. The second kappa shape index (κ2) is 6.05. The molecule has 0 bridgehead atoms. The summed E-state index contributed by atoms with van der Waals surface area (Å²) in [5, 5.41) is -1.05. The standard InChI is InChI=1S/C12H8F4N2O2S2/c1-2-5-18(12-17-6-9(14)21-12)22(19,20)8-4-3-7(13)10(15)11(8)16/h2-4,6H,1,5H2. The highest BCUT2D eigenvalue weighted by Crippen LogP contribution is 2.29. The smallest absolute Gasteiger partial charge is 0.237 e. The number of sulfonamides is 1. The number of aromatic nitrogens is 1. The fourth-order valence-corrected chi connectivity index (χ4v) is 3.90. The van der Waals surface area contributed by atoms with Crippen LogP contribution in [0.25, 0.3) is 0 Å². The second-order valence-corrected chi connectivity index (χ2v) is 6.74. The molecule has 1 heterocycles. The van der Waals surface area contributed by atoms with E-state index in [4.69, 9.17) is 0 Å². The fraction of sp³-hybridized carbons (Fsp3) is 0.0833. The van der Waals surface area contributed by atoms with Crippen LogP contribution in [0.4, 0.5) is 22.7 Å². The van der Waals surface area contributed by atoms with E-state index in [0.717, 1.165) is 12.3 Å². The van der Waals surface area contributed by atoms with Crippen LogP contribution in [-0.4, -0.2) is 19.9 Å². The molecule has 0 aliphatic heterocycles. The lowest BCUT2D eigenvalue weighted by atomic mass is 10.3. The zero-order valence-electron chi connectivity index (χ0n) is 10.8. The van der Waals surface area contributed by atoms with Gasteiger partial charge >= 0.3 is 0 Å². The Morgan fingerprint density at radius 1 is 1.23 bits per heavy atom. The van der Waals surface area contributed by atoms with E-state index in [2.05, 4.69) is 11.6 Å². The molecular formula is C12H8F4N2O2S2. The maximum Gasteiger partial charge on any atom is 0.269 e. The third kappa shape index (κ3) is 2.83. The van der Waals surface area contributed by atoms with Crippen molar-refractivity contribution in [3.8, 4) is 0 Å². The average molecular weight is 352 g/mol. The number of thiazole rings is 1. The van der Waals surface area contributed by atoms with Gasteiger partial charge in [0.25, 0.3) is 10.0 Å². The molecule has 22 heavy (non-hydrogen) atoms. The molecule has 0 radical (unpaired) electrons. The van der Waals surface area contributed by atoms with Crippen molar-refractivity contribution in [3.05, 3.63) is 53.6 Å². The summed E-state index contributed by atoms with van der Waals surface area (Å²) in [6, 6.07) is 1.07. The van der Waals surface area contributed by atoms with Crippen LogP contribution in [0, 0.1) is 22.6 Å². The summed E-state index contributed by atoms with van der Waals surface area (Å²) >= 11 is 0.401. The van der Waals surface area contributed by atoms with Crippen molar-refractivity contribution in [1.29, 1.82) is 0 Å². The molecule has 0 spiro atoms. The minimum absolute atomic E-state index is 0.290. The van der Waals surface area contributed by atoms with E-state index in [1.54, 1.807) is 0 Å². The van der Waals surface area contributed by atoms with Crippen LogP contribution in [0.2, 0.25) is 0 Å². The maximum atomic E-state index is 13.7. The summed E-state index contributed by atoms with van der Waals surface area (Å²) in [7, 11) is -4.61. The zero-order chi connectivity index (χ0) is 16.5. The first-order chi connectivity index (χ1) is 10.3. The van der Waals surface area contributed by atoms with Gasteiger partial charge in [-0.05, 0) is 12.1 Å². The van der Waals surface area contributed by atoms with Crippen molar-refractivity contribution in [2.75, 3.05) is 10.8 Å². The predicted molar refractivity (Wildman–Crippen MR) is 73.1 cm³/mol. The normalized spacial score (nSPS) is 11.5. The van der Waals surface area contributed by atoms with E-state index in [1.165, 1.54) is 0 Å². The molecule has 118 valence electrons. The Morgan fingerprint density at radius 3 is 2.45 bits per heavy atom. The predicted octanol–water partition coefficient (Wildman–Crippen LogP) is 3.08. The third-order valence-corrected chi connectivity index (χ3v) is 5.24. The van der Waals surface area contributed by atoms with Gasteiger partial charge in [-0.25, -0.2) is 30.9 Å². The number of anilines is 1. The number of rotatable bonds is 5. The van der Waals surface area contributed by atoms with Crippen molar-refractivity contribution in [3.63, 3.8) is 0 Å². The summed E-state index contributed by atoms with van der Waals surface area (Å²) in [4.78, 5) is 2.47. The molecule has 0 saturated carbocycles. The lowest BCUT2D eigenvalue weighted by Gasteiger charge is -2.20. The van der Waals surface area contributed by atoms with Gasteiger partial charge in [-0.2, -0.15) is 4.39 Å². The highest BCUT2D eigenvalue weighted by Gasteiger charge is 2.31. The molecule has 0 fully saturated rings. The Balaban J connectivity index is 2.60. The number of hydrogen-bond acceptors (Lipinski definition) is 4. The Bertz CT molecular complexity index is 821. The minimum Gasteiger partial charge on any atom is -0.237 e. The summed E-state index contributed by atoms with van der Waals surface area (Å²) in [6.07, 6.45) is 1.95. The van der Waals surface area contributed by atoms with Gasteiger partial charge in [-0.1, -0.05) is 17.4 Å². The Hall–Kier alpha value is -1.94. The van der Waals surface area contributed by atoms with Crippen LogP contribution < -0.4 is 4.31 Å². The molecule has 0 atom stereocenters. The van der Waals surface area contributed by atoms with Gasteiger partial charge in [0.1, 0.15) is 4.90 Å². The van der Waals surface area contributed by atoms with E-state index in [-0.39, 0.29) is 11.7 Å². The van der Waals surface area contributed by atoms with E-state index < -0.39 is 37.5 Å². The Labute approximate surface area is 127 Å². The van der Waals surface area contributed by atoms with E-state index in [0.29, 0.717) is 27.8 Å².